The van der Waals surface area contributed by atoms with Gasteiger partial charge >= 0.3 is 0 Å². The molecule has 0 bridgehead atoms. The zero-order chi connectivity index (χ0) is 10.3. The van der Waals surface area contributed by atoms with Gasteiger partial charge in [0.25, 0.3) is 5.56 Å². The van der Waals surface area contributed by atoms with Gasteiger partial charge in [-0.3, -0.25) is 4.79 Å². The third-order valence-electron chi connectivity index (χ3n) is 1.47. The van der Waals surface area contributed by atoms with Gasteiger partial charge in [-0.15, -0.1) is 0 Å². The van der Waals surface area contributed by atoms with E-state index in [9.17, 15) is 4.79 Å². The summed E-state index contributed by atoms with van der Waals surface area (Å²) in [6, 6.07) is 3.66. The van der Waals surface area contributed by atoms with Crippen LogP contribution in [0.15, 0.2) is 16.9 Å². The molecule has 0 unspecified atom stereocenters. The van der Waals surface area contributed by atoms with Crippen LogP contribution in [0.5, 0.6) is 0 Å². The van der Waals surface area contributed by atoms with Crippen molar-refractivity contribution < 1.29 is 0 Å². The van der Waals surface area contributed by atoms with E-state index >= 15 is 0 Å². The number of rotatable bonds is 2. The van der Waals surface area contributed by atoms with Crippen molar-refractivity contribution in [1.29, 1.82) is 0 Å². The molecule has 1 aromatic rings. The summed E-state index contributed by atoms with van der Waals surface area (Å²) < 4.78 is 0. The Bertz CT molecular complexity index is 291. The van der Waals surface area contributed by atoms with Crippen LogP contribution in [0.25, 0.3) is 0 Å². The molecular formula is C10H18N2O. The number of nitrogens with one attached hydrogen (secondary N) is 2. The third kappa shape index (κ3) is 3.78. The summed E-state index contributed by atoms with van der Waals surface area (Å²) in [6.45, 7) is 8.59. The summed E-state index contributed by atoms with van der Waals surface area (Å²) in [5, 5.41) is 3.02. The Morgan fingerprint density at radius 1 is 1.38 bits per heavy atom. The number of pyridine rings is 1. The summed E-state index contributed by atoms with van der Waals surface area (Å²) in [6.07, 6.45) is 0. The molecule has 0 atom stereocenters. The van der Waals surface area contributed by atoms with Crippen molar-refractivity contribution in [2.75, 3.05) is 11.9 Å². The number of aromatic nitrogens is 1. The Morgan fingerprint density at radius 2 is 2.00 bits per heavy atom. The number of H-pyrrole nitrogens is 1. The Labute approximate surface area is 79.2 Å². The highest BCUT2D eigenvalue weighted by molar-refractivity contribution is 5.34. The maximum atomic E-state index is 11.0. The van der Waals surface area contributed by atoms with E-state index in [-0.39, 0.29) is 5.56 Å². The molecule has 0 saturated heterocycles. The van der Waals surface area contributed by atoms with Gasteiger partial charge in [0, 0.05) is 12.1 Å². The van der Waals surface area contributed by atoms with Crippen molar-refractivity contribution in [2.24, 2.45) is 0 Å². The lowest BCUT2D eigenvalue weighted by Gasteiger charge is -2.01. The monoisotopic (exact) mass is 182 g/mol. The average Bonchev–Trinajstić information content (AvgIpc) is 2.15. The fourth-order valence-corrected chi connectivity index (χ4v) is 0.840. The van der Waals surface area contributed by atoms with E-state index in [1.807, 2.05) is 26.8 Å². The maximum Gasteiger partial charge on any atom is 0.252 e. The molecule has 0 radical (unpaired) electrons. The predicted octanol–water partition coefficient (Wildman–Crippen LogP) is 2.14. The first-order valence-electron chi connectivity index (χ1n) is 4.68. The highest BCUT2D eigenvalue weighted by atomic mass is 16.1. The van der Waals surface area contributed by atoms with Crippen LogP contribution < -0.4 is 10.9 Å². The van der Waals surface area contributed by atoms with E-state index in [2.05, 4.69) is 10.3 Å². The molecule has 0 amide bonds. The number of aryl methyl sites for hydroxylation is 1. The van der Waals surface area contributed by atoms with Crippen molar-refractivity contribution in [3.8, 4) is 0 Å². The predicted molar refractivity (Wildman–Crippen MR) is 57.3 cm³/mol. The molecule has 1 heterocycles. The standard InChI is InChI=1S/C8H12N2O.C2H6/c1-3-9-7-5-4-6(2)8(11)10-7;1-2/h4-5H,3H2,1-2H3,(H2,9,10,11);1-2H3. The van der Waals surface area contributed by atoms with Crippen LogP contribution in [0.4, 0.5) is 5.82 Å². The fourth-order valence-electron chi connectivity index (χ4n) is 0.840. The Hall–Kier alpha value is -1.25. The van der Waals surface area contributed by atoms with Crippen molar-refractivity contribution in [1.82, 2.24) is 4.98 Å². The lowest BCUT2D eigenvalue weighted by molar-refractivity contribution is 1.11. The molecule has 0 aliphatic carbocycles. The van der Waals surface area contributed by atoms with Crippen LogP contribution in [0.3, 0.4) is 0 Å². The molecule has 1 rings (SSSR count). The van der Waals surface area contributed by atoms with Gasteiger partial charge in [-0.05, 0) is 19.9 Å². The van der Waals surface area contributed by atoms with E-state index < -0.39 is 0 Å². The van der Waals surface area contributed by atoms with Crippen molar-refractivity contribution in [3.05, 3.63) is 28.0 Å². The van der Waals surface area contributed by atoms with Crippen LogP contribution in [0, 0.1) is 6.92 Å². The Kier molecular flexibility index (Phi) is 5.68. The van der Waals surface area contributed by atoms with Crippen LogP contribution >= 0.6 is 0 Å². The summed E-state index contributed by atoms with van der Waals surface area (Å²) in [5.41, 5.74) is 0.718. The van der Waals surface area contributed by atoms with Gasteiger partial charge in [0.05, 0.1) is 0 Å². The molecule has 2 N–H and O–H groups in total. The van der Waals surface area contributed by atoms with Gasteiger partial charge in [-0.2, -0.15) is 0 Å². The van der Waals surface area contributed by atoms with E-state index in [1.165, 1.54) is 0 Å². The molecule has 0 saturated carbocycles. The molecule has 3 nitrogen and oxygen atoms in total. The molecule has 0 aliphatic heterocycles. The first-order valence-corrected chi connectivity index (χ1v) is 4.68. The second kappa shape index (κ2) is 6.29. The van der Waals surface area contributed by atoms with Crippen LogP contribution in [-0.2, 0) is 0 Å². The van der Waals surface area contributed by atoms with Gasteiger partial charge < -0.3 is 10.3 Å². The Morgan fingerprint density at radius 3 is 2.46 bits per heavy atom. The lowest BCUT2D eigenvalue weighted by Crippen LogP contribution is -2.11. The molecule has 0 fully saturated rings. The summed E-state index contributed by atoms with van der Waals surface area (Å²) in [4.78, 5) is 13.7. The van der Waals surface area contributed by atoms with E-state index in [0.29, 0.717) is 0 Å². The minimum absolute atomic E-state index is 0.0246. The first kappa shape index (κ1) is 11.8. The Balaban J connectivity index is 0.000000671. The van der Waals surface area contributed by atoms with Crippen molar-refractivity contribution >= 4 is 5.82 Å². The smallest absolute Gasteiger partial charge is 0.252 e. The highest BCUT2D eigenvalue weighted by Gasteiger charge is 1.92. The largest absolute Gasteiger partial charge is 0.372 e. The normalized spacial score (nSPS) is 8.62. The quantitative estimate of drug-likeness (QED) is 0.736. The molecule has 0 spiro atoms. The summed E-state index contributed by atoms with van der Waals surface area (Å²) >= 11 is 0. The van der Waals surface area contributed by atoms with Crippen molar-refractivity contribution in [2.45, 2.75) is 27.7 Å². The lowest BCUT2D eigenvalue weighted by atomic mass is 10.3. The zero-order valence-electron chi connectivity index (χ0n) is 8.77. The third-order valence-corrected chi connectivity index (χ3v) is 1.47. The van der Waals surface area contributed by atoms with Crippen LogP contribution in [0.2, 0.25) is 0 Å². The second-order valence-electron chi connectivity index (χ2n) is 2.41. The van der Waals surface area contributed by atoms with E-state index in [0.717, 1.165) is 17.9 Å². The highest BCUT2D eigenvalue weighted by Crippen LogP contribution is 1.98. The average molecular weight is 182 g/mol. The first-order chi connectivity index (χ1) is 6.24. The SMILES string of the molecule is CC.CCNc1ccc(C)c(=O)[nH]1. The molecule has 0 aromatic carbocycles. The van der Waals surface area contributed by atoms with Crippen molar-refractivity contribution in [3.63, 3.8) is 0 Å². The zero-order valence-corrected chi connectivity index (χ0v) is 8.77. The van der Waals surface area contributed by atoms with Gasteiger partial charge in [0.15, 0.2) is 0 Å². The topological polar surface area (TPSA) is 44.9 Å². The minimum Gasteiger partial charge on any atom is -0.372 e. The molecule has 1 aromatic heterocycles. The van der Waals surface area contributed by atoms with E-state index in [4.69, 9.17) is 0 Å². The number of anilines is 1. The molecule has 13 heavy (non-hydrogen) atoms. The van der Waals surface area contributed by atoms with Crippen LogP contribution in [-0.4, -0.2) is 11.5 Å². The fraction of sp³-hybridized carbons (Fsp3) is 0.500. The van der Waals surface area contributed by atoms with Gasteiger partial charge in [-0.25, -0.2) is 0 Å². The maximum absolute atomic E-state index is 11.0. The minimum atomic E-state index is -0.0246. The molecule has 74 valence electrons. The molecule has 3 heteroatoms. The number of hydrogen-bond acceptors (Lipinski definition) is 2. The molecule has 0 aliphatic rings. The second-order valence-corrected chi connectivity index (χ2v) is 2.41. The summed E-state index contributed by atoms with van der Waals surface area (Å²) in [5.74, 6) is 0.781. The van der Waals surface area contributed by atoms with E-state index in [1.54, 1.807) is 13.0 Å². The van der Waals surface area contributed by atoms with Gasteiger partial charge in [0.2, 0.25) is 0 Å². The summed E-state index contributed by atoms with van der Waals surface area (Å²) in [7, 11) is 0. The van der Waals surface area contributed by atoms with Gasteiger partial charge in [-0.1, -0.05) is 19.9 Å². The van der Waals surface area contributed by atoms with Crippen LogP contribution in [0.1, 0.15) is 26.3 Å². The number of aromatic amines is 1. The number of hydrogen-bond donors (Lipinski definition) is 2. The molecular weight excluding hydrogens is 164 g/mol. The van der Waals surface area contributed by atoms with Gasteiger partial charge in [0.1, 0.15) is 5.82 Å².